The van der Waals surface area contributed by atoms with E-state index in [2.05, 4.69) is 0 Å². The SMILES string of the molecule is FP12(CCCC1)Oc1ccccc1O2. The molecule has 3 rings (SSSR count). The number of hydrogen-bond donors (Lipinski definition) is 0. The van der Waals surface area contributed by atoms with Crippen molar-refractivity contribution in [2.45, 2.75) is 12.8 Å². The van der Waals surface area contributed by atoms with Crippen LogP contribution in [0.25, 0.3) is 0 Å². The van der Waals surface area contributed by atoms with Crippen LogP contribution in [-0.4, -0.2) is 12.3 Å². The molecule has 1 aromatic carbocycles. The number of halogens is 1. The summed E-state index contributed by atoms with van der Waals surface area (Å²) in [7, 11) is -3.75. The molecule has 2 aliphatic rings. The van der Waals surface area contributed by atoms with Crippen LogP contribution in [-0.2, 0) is 0 Å². The van der Waals surface area contributed by atoms with Crippen molar-refractivity contribution < 1.29 is 13.2 Å². The van der Waals surface area contributed by atoms with Crippen LogP contribution >= 0.6 is 7.37 Å². The maximum atomic E-state index is 14.7. The Morgan fingerprint density at radius 3 is 2.00 bits per heavy atom. The van der Waals surface area contributed by atoms with Gasteiger partial charge in [0.1, 0.15) is 0 Å². The van der Waals surface area contributed by atoms with Crippen molar-refractivity contribution in [2.24, 2.45) is 0 Å². The molecule has 1 aromatic rings. The third-order valence-corrected chi connectivity index (χ3v) is 6.39. The van der Waals surface area contributed by atoms with Crippen LogP contribution in [0.3, 0.4) is 0 Å². The van der Waals surface area contributed by atoms with E-state index in [1.807, 2.05) is 12.1 Å². The molecule has 1 fully saturated rings. The van der Waals surface area contributed by atoms with Gasteiger partial charge in [0, 0.05) is 0 Å². The summed E-state index contributed by atoms with van der Waals surface area (Å²) in [6.45, 7) is 0. The predicted molar refractivity (Wildman–Crippen MR) is 54.7 cm³/mol. The Balaban J connectivity index is 2.05. The van der Waals surface area contributed by atoms with E-state index in [4.69, 9.17) is 9.05 Å². The van der Waals surface area contributed by atoms with E-state index < -0.39 is 7.37 Å². The van der Waals surface area contributed by atoms with Crippen molar-refractivity contribution in [3.63, 3.8) is 0 Å². The van der Waals surface area contributed by atoms with Gasteiger partial charge in [-0.05, 0) is 0 Å². The summed E-state index contributed by atoms with van der Waals surface area (Å²) in [5.41, 5.74) is 0. The molecule has 0 amide bonds. The molecular formula is C10H12FO2P. The van der Waals surface area contributed by atoms with Gasteiger partial charge in [-0.25, -0.2) is 0 Å². The van der Waals surface area contributed by atoms with Crippen molar-refractivity contribution in [3.05, 3.63) is 24.3 Å². The second-order valence-electron chi connectivity index (χ2n) is 3.98. The molecule has 2 nitrogen and oxygen atoms in total. The van der Waals surface area contributed by atoms with Crippen molar-refractivity contribution in [1.29, 1.82) is 0 Å². The van der Waals surface area contributed by atoms with Gasteiger partial charge in [0.15, 0.2) is 0 Å². The molecule has 1 saturated heterocycles. The molecule has 4 heteroatoms. The van der Waals surface area contributed by atoms with Crippen LogP contribution in [0.1, 0.15) is 12.8 Å². The van der Waals surface area contributed by atoms with E-state index in [0.29, 0.717) is 23.8 Å². The Morgan fingerprint density at radius 2 is 1.50 bits per heavy atom. The first-order valence-corrected chi connectivity index (χ1v) is 7.24. The normalized spacial score (nSPS) is 28.5. The summed E-state index contributed by atoms with van der Waals surface area (Å²) in [6.07, 6.45) is 2.67. The molecule has 0 saturated carbocycles. The Hall–Kier alpha value is -0.820. The summed E-state index contributed by atoms with van der Waals surface area (Å²) >= 11 is 0. The van der Waals surface area contributed by atoms with Crippen molar-refractivity contribution in [2.75, 3.05) is 12.3 Å². The summed E-state index contributed by atoms with van der Waals surface area (Å²) < 4.78 is 25.7. The van der Waals surface area contributed by atoms with Crippen LogP contribution < -0.4 is 9.05 Å². The van der Waals surface area contributed by atoms with Gasteiger partial charge < -0.3 is 0 Å². The molecule has 76 valence electrons. The molecule has 0 aromatic heterocycles. The molecule has 1 spiro atoms. The predicted octanol–water partition coefficient (Wildman–Crippen LogP) is 3.52. The molecule has 0 bridgehead atoms. The zero-order chi connectivity index (χ0) is 9.67. The zero-order valence-electron chi connectivity index (χ0n) is 7.78. The molecule has 2 heterocycles. The summed E-state index contributed by atoms with van der Waals surface area (Å²) in [5.74, 6) is 1.16. The number of hydrogen-bond acceptors (Lipinski definition) is 2. The molecule has 2 aliphatic heterocycles. The van der Waals surface area contributed by atoms with Crippen LogP contribution in [0.4, 0.5) is 4.20 Å². The molecular weight excluding hydrogens is 202 g/mol. The van der Waals surface area contributed by atoms with Gasteiger partial charge >= 0.3 is 81.5 Å². The first kappa shape index (κ1) is 8.49. The minimum atomic E-state index is -3.75. The van der Waals surface area contributed by atoms with Gasteiger partial charge in [0.05, 0.1) is 0 Å². The fraction of sp³-hybridized carbons (Fsp3) is 0.400. The first-order valence-electron chi connectivity index (χ1n) is 4.90. The van der Waals surface area contributed by atoms with Crippen LogP contribution in [0.5, 0.6) is 11.5 Å². The Bertz CT molecular complexity index is 358. The molecule has 0 unspecified atom stereocenters. The van der Waals surface area contributed by atoms with E-state index in [1.54, 1.807) is 12.1 Å². The number of rotatable bonds is 0. The van der Waals surface area contributed by atoms with Gasteiger partial charge in [-0.2, -0.15) is 0 Å². The fourth-order valence-electron chi connectivity index (χ4n) is 2.17. The average Bonchev–Trinajstić information content (AvgIpc) is 2.67. The Kier molecular flexibility index (Phi) is 1.46. The van der Waals surface area contributed by atoms with Gasteiger partial charge in [-0.1, -0.05) is 0 Å². The second-order valence-corrected chi connectivity index (χ2v) is 7.62. The zero-order valence-corrected chi connectivity index (χ0v) is 8.67. The standard InChI is InChI=1S/C10H12FO2P/c11-14(7-3-4-8-14)12-9-5-1-2-6-10(9)13-14/h1-2,5-6H,3-4,7-8H2. The summed E-state index contributed by atoms with van der Waals surface area (Å²) in [6, 6.07) is 7.22. The minimum absolute atomic E-state index is 0.459. The average molecular weight is 214 g/mol. The number of benzene rings is 1. The third-order valence-electron chi connectivity index (χ3n) is 2.86. The van der Waals surface area contributed by atoms with E-state index in [9.17, 15) is 4.20 Å². The molecule has 14 heavy (non-hydrogen) atoms. The Morgan fingerprint density at radius 1 is 1.00 bits per heavy atom. The van der Waals surface area contributed by atoms with Crippen molar-refractivity contribution >= 4 is 7.37 Å². The number of para-hydroxylation sites is 2. The van der Waals surface area contributed by atoms with Gasteiger partial charge in [-0.3, -0.25) is 0 Å². The summed E-state index contributed by atoms with van der Waals surface area (Å²) in [4.78, 5) is 0. The van der Waals surface area contributed by atoms with Crippen LogP contribution in [0, 0.1) is 0 Å². The third kappa shape index (κ3) is 1.05. The van der Waals surface area contributed by atoms with E-state index in [1.165, 1.54) is 0 Å². The topological polar surface area (TPSA) is 18.5 Å². The Labute approximate surface area is 82.2 Å². The van der Waals surface area contributed by atoms with Gasteiger partial charge in [0.25, 0.3) is 0 Å². The molecule has 0 N–H and O–H groups in total. The van der Waals surface area contributed by atoms with Crippen molar-refractivity contribution in [1.82, 2.24) is 0 Å². The van der Waals surface area contributed by atoms with E-state index in [-0.39, 0.29) is 0 Å². The van der Waals surface area contributed by atoms with Crippen molar-refractivity contribution in [3.8, 4) is 11.5 Å². The molecule has 0 atom stereocenters. The fourth-order valence-corrected chi connectivity index (χ4v) is 5.61. The molecule has 0 aliphatic carbocycles. The molecule has 0 radical (unpaired) electrons. The number of fused-ring (bicyclic) bond motifs is 1. The van der Waals surface area contributed by atoms with E-state index >= 15 is 0 Å². The van der Waals surface area contributed by atoms with Crippen LogP contribution in [0.2, 0.25) is 0 Å². The maximum absolute atomic E-state index is 14.7. The van der Waals surface area contributed by atoms with Crippen LogP contribution in [0.15, 0.2) is 24.3 Å². The quantitative estimate of drug-likeness (QED) is 0.615. The second kappa shape index (κ2) is 2.40. The van der Waals surface area contributed by atoms with Gasteiger partial charge in [-0.15, -0.1) is 0 Å². The monoisotopic (exact) mass is 214 g/mol. The van der Waals surface area contributed by atoms with Gasteiger partial charge in [0.2, 0.25) is 0 Å². The van der Waals surface area contributed by atoms with E-state index in [0.717, 1.165) is 12.8 Å². The summed E-state index contributed by atoms with van der Waals surface area (Å²) in [5, 5.41) is 0. The first-order chi connectivity index (χ1) is 6.68.